The third-order valence-corrected chi connectivity index (χ3v) is 5.61. The number of unbranched alkanes of at least 4 members (excludes halogenated alkanes) is 1. The third-order valence-electron chi connectivity index (χ3n) is 5.05. The third kappa shape index (κ3) is 4.94. The summed E-state index contributed by atoms with van der Waals surface area (Å²) in [4.78, 5) is 9.70. The zero-order chi connectivity index (χ0) is 18.9. The number of halogens is 1. The second-order valence-corrected chi connectivity index (χ2v) is 7.62. The van der Waals surface area contributed by atoms with Crippen LogP contribution in [-0.4, -0.2) is 15.3 Å². The molecular formula is C23H33BrN2. The molecule has 0 aromatic carbocycles. The van der Waals surface area contributed by atoms with Crippen LogP contribution >= 0.6 is 15.9 Å². The molecule has 142 valence electrons. The Morgan fingerprint density at radius 2 is 1.62 bits per heavy atom. The molecule has 0 saturated carbocycles. The molecule has 0 spiro atoms. The quantitative estimate of drug-likeness (QED) is 0.412. The zero-order valence-corrected chi connectivity index (χ0v) is 18.5. The van der Waals surface area contributed by atoms with Crippen LogP contribution in [0.25, 0.3) is 11.1 Å². The molecule has 0 aliphatic carbocycles. The topological polar surface area (TPSA) is 25.8 Å². The summed E-state index contributed by atoms with van der Waals surface area (Å²) in [6.45, 7) is 8.99. The lowest BCUT2D eigenvalue weighted by atomic mass is 9.88. The molecule has 2 aromatic rings. The monoisotopic (exact) mass is 416 g/mol. The van der Waals surface area contributed by atoms with Crippen LogP contribution in [0.4, 0.5) is 0 Å². The molecule has 0 radical (unpaired) electrons. The summed E-state index contributed by atoms with van der Waals surface area (Å²) in [6.07, 6.45) is 10.7. The van der Waals surface area contributed by atoms with E-state index in [-0.39, 0.29) is 0 Å². The smallest absolute Gasteiger partial charge is 0.0445 e. The van der Waals surface area contributed by atoms with Gasteiger partial charge < -0.3 is 0 Å². The first kappa shape index (κ1) is 21.1. The van der Waals surface area contributed by atoms with E-state index in [1.807, 2.05) is 6.20 Å². The lowest BCUT2D eigenvalue weighted by Crippen LogP contribution is -2.09. The molecule has 2 rings (SSSR count). The van der Waals surface area contributed by atoms with Crippen molar-refractivity contribution in [3.8, 4) is 11.1 Å². The molecule has 0 aliphatic rings. The second-order valence-electron chi connectivity index (χ2n) is 6.83. The molecule has 26 heavy (non-hydrogen) atoms. The minimum absolute atomic E-state index is 0.995. The second kappa shape index (κ2) is 10.8. The molecule has 0 fully saturated rings. The van der Waals surface area contributed by atoms with Gasteiger partial charge in [0, 0.05) is 28.6 Å². The van der Waals surface area contributed by atoms with Crippen molar-refractivity contribution < 1.29 is 0 Å². The summed E-state index contributed by atoms with van der Waals surface area (Å²) in [5.41, 5.74) is 9.42. The minimum atomic E-state index is 0.995. The van der Waals surface area contributed by atoms with Gasteiger partial charge in [0.05, 0.1) is 0 Å². The van der Waals surface area contributed by atoms with Crippen molar-refractivity contribution in [1.29, 1.82) is 0 Å². The van der Waals surface area contributed by atoms with E-state index < -0.39 is 0 Å². The van der Waals surface area contributed by atoms with E-state index in [0.29, 0.717) is 0 Å². The fourth-order valence-corrected chi connectivity index (χ4v) is 4.02. The molecule has 0 aliphatic heterocycles. The van der Waals surface area contributed by atoms with Crippen LogP contribution < -0.4 is 0 Å². The van der Waals surface area contributed by atoms with Crippen molar-refractivity contribution in [1.82, 2.24) is 9.97 Å². The Morgan fingerprint density at radius 1 is 0.885 bits per heavy atom. The van der Waals surface area contributed by atoms with Crippen LogP contribution in [0.5, 0.6) is 0 Å². The molecule has 2 nitrogen and oxygen atoms in total. The van der Waals surface area contributed by atoms with Gasteiger partial charge in [-0.2, -0.15) is 0 Å². The van der Waals surface area contributed by atoms with Crippen molar-refractivity contribution >= 4 is 15.9 Å². The predicted octanol–water partition coefficient (Wildman–Crippen LogP) is 6.50. The Kier molecular flexibility index (Phi) is 8.77. The van der Waals surface area contributed by atoms with Crippen molar-refractivity contribution in [2.75, 3.05) is 5.33 Å². The number of alkyl halides is 1. The summed E-state index contributed by atoms with van der Waals surface area (Å²) in [6, 6.07) is 4.51. The molecule has 0 amide bonds. The highest BCUT2D eigenvalue weighted by atomic mass is 79.9. The molecule has 0 saturated heterocycles. The number of hydrogen-bond donors (Lipinski definition) is 0. The SMILES string of the molecule is CCCCc1cc(-c2c(CC)c(CC)nc(CCCBr)c2CC)ccn1. The fraction of sp³-hybridized carbons (Fsp3) is 0.565. The summed E-state index contributed by atoms with van der Waals surface area (Å²) in [5, 5.41) is 1.03. The van der Waals surface area contributed by atoms with Gasteiger partial charge >= 0.3 is 0 Å². The standard InChI is InChI=1S/C23H33BrN2/c1-5-9-11-18-16-17(13-15-25-18)23-19(6-2)21(8-4)26-22(12-10-14-24)20(23)7-3/h13,15-16H,5-12,14H2,1-4H3. The highest BCUT2D eigenvalue weighted by molar-refractivity contribution is 9.09. The van der Waals surface area contributed by atoms with E-state index in [1.54, 1.807) is 0 Å². The molecule has 0 atom stereocenters. The summed E-state index contributed by atoms with van der Waals surface area (Å²) in [7, 11) is 0. The van der Waals surface area contributed by atoms with Gasteiger partial charge in [-0.05, 0) is 79.3 Å². The zero-order valence-electron chi connectivity index (χ0n) is 16.9. The molecule has 2 aromatic heterocycles. The first-order valence-corrected chi connectivity index (χ1v) is 11.4. The van der Waals surface area contributed by atoms with E-state index in [1.165, 1.54) is 52.2 Å². The molecule has 0 bridgehead atoms. The Balaban J connectivity index is 2.64. The summed E-state index contributed by atoms with van der Waals surface area (Å²) in [5.74, 6) is 0. The van der Waals surface area contributed by atoms with Gasteiger partial charge in [-0.1, -0.05) is 50.0 Å². The van der Waals surface area contributed by atoms with E-state index in [4.69, 9.17) is 4.98 Å². The van der Waals surface area contributed by atoms with Crippen LogP contribution in [0.2, 0.25) is 0 Å². The van der Waals surface area contributed by atoms with Crippen LogP contribution in [-0.2, 0) is 32.1 Å². The van der Waals surface area contributed by atoms with Gasteiger partial charge in [0.1, 0.15) is 0 Å². The summed E-state index contributed by atoms with van der Waals surface area (Å²) >= 11 is 3.58. The van der Waals surface area contributed by atoms with Gasteiger partial charge in [0.15, 0.2) is 0 Å². The van der Waals surface area contributed by atoms with E-state index in [9.17, 15) is 0 Å². The number of aryl methyl sites for hydroxylation is 3. The highest BCUT2D eigenvalue weighted by Crippen LogP contribution is 2.33. The first-order chi connectivity index (χ1) is 12.7. The maximum absolute atomic E-state index is 5.09. The van der Waals surface area contributed by atoms with E-state index in [0.717, 1.165) is 43.9 Å². The maximum atomic E-state index is 5.09. The van der Waals surface area contributed by atoms with E-state index in [2.05, 4.69) is 60.7 Å². The molecule has 2 heterocycles. The highest BCUT2D eigenvalue weighted by Gasteiger charge is 2.18. The van der Waals surface area contributed by atoms with Crippen molar-refractivity contribution in [3.63, 3.8) is 0 Å². The van der Waals surface area contributed by atoms with Crippen molar-refractivity contribution in [2.45, 2.75) is 79.1 Å². The average molecular weight is 417 g/mol. The summed E-state index contributed by atoms with van der Waals surface area (Å²) < 4.78 is 0. The van der Waals surface area contributed by atoms with Gasteiger partial charge in [-0.3, -0.25) is 9.97 Å². The Labute approximate surface area is 168 Å². The largest absolute Gasteiger partial charge is 0.261 e. The maximum Gasteiger partial charge on any atom is 0.0445 e. The number of hydrogen-bond acceptors (Lipinski definition) is 2. The molecule has 0 N–H and O–H groups in total. The number of rotatable bonds is 10. The van der Waals surface area contributed by atoms with Gasteiger partial charge in [0.25, 0.3) is 0 Å². The molecular weight excluding hydrogens is 384 g/mol. The van der Waals surface area contributed by atoms with Gasteiger partial charge in [-0.15, -0.1) is 0 Å². The van der Waals surface area contributed by atoms with Crippen LogP contribution in [0, 0.1) is 0 Å². The Hall–Kier alpha value is -1.22. The number of pyridine rings is 2. The van der Waals surface area contributed by atoms with Crippen LogP contribution in [0.1, 0.15) is 75.2 Å². The minimum Gasteiger partial charge on any atom is -0.261 e. The fourth-order valence-electron chi connectivity index (χ4n) is 3.74. The van der Waals surface area contributed by atoms with Gasteiger partial charge in [0.2, 0.25) is 0 Å². The lowest BCUT2D eigenvalue weighted by Gasteiger charge is -2.21. The number of nitrogens with zero attached hydrogens (tertiary/aromatic N) is 2. The number of aromatic nitrogens is 2. The van der Waals surface area contributed by atoms with Crippen molar-refractivity contribution in [3.05, 3.63) is 46.5 Å². The molecule has 0 unspecified atom stereocenters. The van der Waals surface area contributed by atoms with Crippen LogP contribution in [0.15, 0.2) is 18.3 Å². The Morgan fingerprint density at radius 3 is 2.23 bits per heavy atom. The normalized spacial score (nSPS) is 11.1. The first-order valence-electron chi connectivity index (χ1n) is 10.2. The Bertz CT molecular complexity index is 710. The average Bonchev–Trinajstić information content (AvgIpc) is 2.69. The predicted molar refractivity (Wildman–Crippen MR) is 116 cm³/mol. The lowest BCUT2D eigenvalue weighted by molar-refractivity contribution is 0.777. The molecule has 3 heteroatoms. The van der Waals surface area contributed by atoms with Crippen LogP contribution in [0.3, 0.4) is 0 Å². The van der Waals surface area contributed by atoms with Gasteiger partial charge in [-0.25, -0.2) is 0 Å². The van der Waals surface area contributed by atoms with Crippen molar-refractivity contribution in [2.24, 2.45) is 0 Å². The van der Waals surface area contributed by atoms with E-state index >= 15 is 0 Å².